The lowest BCUT2D eigenvalue weighted by molar-refractivity contribution is 0.102. The number of amides is 1. The Hall–Kier alpha value is -2.83. The molecule has 0 aliphatic carbocycles. The Morgan fingerprint density at radius 1 is 1.07 bits per heavy atom. The molecule has 0 unspecified atom stereocenters. The number of hydrogen-bond donors (Lipinski definition) is 1. The summed E-state index contributed by atoms with van der Waals surface area (Å²) < 4.78 is 0. The van der Waals surface area contributed by atoms with Crippen molar-refractivity contribution in [3.8, 4) is 0 Å². The Morgan fingerprint density at radius 3 is 2.50 bits per heavy atom. The lowest BCUT2D eigenvalue weighted by atomic mass is 10.1. The van der Waals surface area contributed by atoms with Crippen molar-refractivity contribution in [1.29, 1.82) is 0 Å². The molecule has 0 spiro atoms. The molecule has 28 heavy (non-hydrogen) atoms. The fourth-order valence-electron chi connectivity index (χ4n) is 2.82. The predicted octanol–water partition coefficient (Wildman–Crippen LogP) is 4.54. The van der Waals surface area contributed by atoms with E-state index in [0.717, 1.165) is 30.2 Å². The first-order chi connectivity index (χ1) is 13.7. The fourth-order valence-corrected chi connectivity index (χ4v) is 3.60. The minimum atomic E-state index is -0.230. The van der Waals surface area contributed by atoms with Gasteiger partial charge in [-0.2, -0.15) is 0 Å². The highest BCUT2D eigenvalue weighted by Crippen LogP contribution is 2.17. The molecule has 0 fully saturated rings. The number of aromatic nitrogens is 2. The second kappa shape index (κ2) is 9.92. The van der Waals surface area contributed by atoms with Crippen molar-refractivity contribution in [2.75, 3.05) is 11.9 Å². The molecule has 0 radical (unpaired) electrons. The molecule has 0 saturated carbocycles. The van der Waals surface area contributed by atoms with E-state index in [9.17, 15) is 4.79 Å². The molecule has 1 N–H and O–H groups in total. The van der Waals surface area contributed by atoms with Crippen LogP contribution in [-0.4, -0.2) is 27.5 Å². The maximum absolute atomic E-state index is 12.5. The maximum atomic E-state index is 12.5. The molecule has 0 atom stereocenters. The summed E-state index contributed by atoms with van der Waals surface area (Å²) in [6.07, 6.45) is 2.84. The van der Waals surface area contributed by atoms with Gasteiger partial charge in [0, 0.05) is 18.8 Å². The molecule has 6 heteroatoms. The number of nitrogens with one attached hydrogen (secondary N) is 1. The van der Waals surface area contributed by atoms with Crippen molar-refractivity contribution in [3.05, 3.63) is 88.4 Å². The van der Waals surface area contributed by atoms with E-state index in [0.29, 0.717) is 11.6 Å². The highest BCUT2D eigenvalue weighted by atomic mass is 32.1. The summed E-state index contributed by atoms with van der Waals surface area (Å²) in [6, 6.07) is 18.1. The zero-order chi connectivity index (χ0) is 19.8. The third-order valence-electron chi connectivity index (χ3n) is 4.28. The van der Waals surface area contributed by atoms with Crippen LogP contribution < -0.4 is 5.32 Å². The first-order valence-corrected chi connectivity index (χ1v) is 10.1. The summed E-state index contributed by atoms with van der Waals surface area (Å²) in [7, 11) is 0. The van der Waals surface area contributed by atoms with Crippen molar-refractivity contribution in [2.45, 2.75) is 26.4 Å². The Kier molecular flexibility index (Phi) is 7.06. The highest BCUT2D eigenvalue weighted by molar-refractivity contribution is 7.13. The second-order valence-electron chi connectivity index (χ2n) is 6.45. The van der Waals surface area contributed by atoms with Crippen molar-refractivity contribution >= 4 is 22.9 Å². The molecule has 5 nitrogen and oxygen atoms in total. The van der Waals surface area contributed by atoms with E-state index in [-0.39, 0.29) is 5.91 Å². The third-order valence-corrected chi connectivity index (χ3v) is 5.18. The van der Waals surface area contributed by atoms with Crippen LogP contribution >= 0.6 is 11.3 Å². The molecule has 2 aromatic carbocycles. The number of benzene rings is 2. The lowest BCUT2D eigenvalue weighted by Gasteiger charge is -2.19. The SMILES string of the molecule is C=CCN(Cc1ccccc1)Cc1nnc(C(=O)Nc2ccc(CC)cc2)s1. The predicted molar refractivity (Wildman–Crippen MR) is 114 cm³/mol. The highest BCUT2D eigenvalue weighted by Gasteiger charge is 2.15. The van der Waals surface area contributed by atoms with Crippen LogP contribution in [0.2, 0.25) is 0 Å². The van der Waals surface area contributed by atoms with Gasteiger partial charge in [0.05, 0.1) is 6.54 Å². The van der Waals surface area contributed by atoms with Crippen LogP contribution in [0.15, 0.2) is 67.3 Å². The first-order valence-electron chi connectivity index (χ1n) is 9.27. The van der Waals surface area contributed by atoms with E-state index in [2.05, 4.69) is 46.0 Å². The summed E-state index contributed by atoms with van der Waals surface area (Å²) in [5.41, 5.74) is 3.22. The molecule has 0 saturated heterocycles. The van der Waals surface area contributed by atoms with Crippen molar-refractivity contribution < 1.29 is 4.79 Å². The van der Waals surface area contributed by atoms with Crippen molar-refractivity contribution in [2.24, 2.45) is 0 Å². The van der Waals surface area contributed by atoms with Gasteiger partial charge in [-0.1, -0.05) is 66.8 Å². The molecule has 0 aliphatic rings. The van der Waals surface area contributed by atoms with Gasteiger partial charge in [0.15, 0.2) is 0 Å². The monoisotopic (exact) mass is 392 g/mol. The molecule has 1 amide bonds. The molecule has 0 aliphatic heterocycles. The number of nitrogens with zero attached hydrogens (tertiary/aromatic N) is 3. The summed E-state index contributed by atoms with van der Waals surface area (Å²) in [5, 5.41) is 12.3. The molecule has 3 rings (SSSR count). The smallest absolute Gasteiger partial charge is 0.286 e. The number of aryl methyl sites for hydroxylation is 1. The van der Waals surface area contributed by atoms with Crippen LogP contribution in [-0.2, 0) is 19.5 Å². The van der Waals surface area contributed by atoms with Crippen LogP contribution in [0.4, 0.5) is 5.69 Å². The number of anilines is 1. The Morgan fingerprint density at radius 2 is 1.82 bits per heavy atom. The zero-order valence-corrected chi connectivity index (χ0v) is 16.8. The minimum absolute atomic E-state index is 0.230. The standard InChI is InChI=1S/C22H24N4OS/c1-3-14-26(15-18-8-6-5-7-9-18)16-20-24-25-22(28-20)21(27)23-19-12-10-17(4-2)11-13-19/h3,5-13H,1,4,14-16H2,2H3,(H,23,27). The Balaban J connectivity index is 1.62. The van der Waals surface area contributed by atoms with E-state index in [1.807, 2.05) is 48.5 Å². The van der Waals surface area contributed by atoms with Gasteiger partial charge in [0.2, 0.25) is 5.01 Å². The quantitative estimate of drug-likeness (QED) is 0.543. The lowest BCUT2D eigenvalue weighted by Crippen LogP contribution is -2.22. The number of carbonyl (C=O) groups excluding carboxylic acids is 1. The van der Waals surface area contributed by atoms with Crippen LogP contribution in [0, 0.1) is 0 Å². The molecule has 1 aromatic heterocycles. The molecular formula is C22H24N4OS. The van der Waals surface area contributed by atoms with E-state index in [1.165, 1.54) is 22.5 Å². The van der Waals surface area contributed by atoms with Crippen molar-refractivity contribution in [3.63, 3.8) is 0 Å². The Labute approximate surface area is 169 Å². The minimum Gasteiger partial charge on any atom is -0.320 e. The van der Waals surface area contributed by atoms with Gasteiger partial charge >= 0.3 is 0 Å². The van der Waals surface area contributed by atoms with E-state index >= 15 is 0 Å². The third kappa shape index (κ3) is 5.58. The van der Waals surface area contributed by atoms with E-state index in [4.69, 9.17) is 0 Å². The summed E-state index contributed by atoms with van der Waals surface area (Å²) in [5.74, 6) is -0.230. The largest absolute Gasteiger partial charge is 0.320 e. The maximum Gasteiger partial charge on any atom is 0.286 e. The van der Waals surface area contributed by atoms with Crippen LogP contribution in [0.1, 0.15) is 32.9 Å². The van der Waals surface area contributed by atoms with Crippen molar-refractivity contribution in [1.82, 2.24) is 15.1 Å². The normalized spacial score (nSPS) is 10.8. The topological polar surface area (TPSA) is 58.1 Å². The second-order valence-corrected chi connectivity index (χ2v) is 7.51. The van der Waals surface area contributed by atoms with Gasteiger partial charge in [-0.05, 0) is 29.7 Å². The van der Waals surface area contributed by atoms with Crippen LogP contribution in [0.25, 0.3) is 0 Å². The average molecular weight is 393 g/mol. The molecular weight excluding hydrogens is 368 g/mol. The molecule has 3 aromatic rings. The first kappa shape index (κ1) is 19.9. The molecule has 1 heterocycles. The van der Waals surface area contributed by atoms with E-state index in [1.54, 1.807) is 0 Å². The van der Waals surface area contributed by atoms with Crippen LogP contribution in [0.3, 0.4) is 0 Å². The van der Waals surface area contributed by atoms with E-state index < -0.39 is 0 Å². The average Bonchev–Trinajstić information content (AvgIpc) is 3.18. The number of hydrogen-bond acceptors (Lipinski definition) is 5. The fraction of sp³-hybridized carbons (Fsp3) is 0.227. The summed E-state index contributed by atoms with van der Waals surface area (Å²) >= 11 is 1.32. The van der Waals surface area contributed by atoms with Gasteiger partial charge in [-0.15, -0.1) is 16.8 Å². The summed E-state index contributed by atoms with van der Waals surface area (Å²) in [6.45, 7) is 8.09. The van der Waals surface area contributed by atoms with Gasteiger partial charge in [-0.25, -0.2) is 0 Å². The Bertz CT molecular complexity index is 906. The molecule has 0 bridgehead atoms. The number of carbonyl (C=O) groups is 1. The zero-order valence-electron chi connectivity index (χ0n) is 16.0. The molecule has 144 valence electrons. The van der Waals surface area contributed by atoms with Gasteiger partial charge < -0.3 is 5.32 Å². The van der Waals surface area contributed by atoms with Gasteiger partial charge in [-0.3, -0.25) is 9.69 Å². The van der Waals surface area contributed by atoms with Gasteiger partial charge in [0.1, 0.15) is 5.01 Å². The van der Waals surface area contributed by atoms with Gasteiger partial charge in [0.25, 0.3) is 5.91 Å². The number of rotatable bonds is 9. The summed E-state index contributed by atoms with van der Waals surface area (Å²) in [4.78, 5) is 14.7. The van der Waals surface area contributed by atoms with Crippen LogP contribution in [0.5, 0.6) is 0 Å².